The van der Waals surface area contributed by atoms with Crippen LogP contribution >= 0.6 is 11.3 Å². The minimum absolute atomic E-state index is 0.0476. The number of aliphatic carboxylic acids is 1. The fourth-order valence-corrected chi connectivity index (χ4v) is 3.29. The molecule has 0 aliphatic heterocycles. The van der Waals surface area contributed by atoms with Gasteiger partial charge in [0, 0.05) is 35.9 Å². The van der Waals surface area contributed by atoms with E-state index in [0.717, 1.165) is 29.1 Å². The molecule has 24 heavy (non-hydrogen) atoms. The quantitative estimate of drug-likeness (QED) is 0.833. The number of hydrogen-bond donors (Lipinski definition) is 1. The Kier molecular flexibility index (Phi) is 4.89. The summed E-state index contributed by atoms with van der Waals surface area (Å²) in [7, 11) is 0. The molecule has 2 aromatic heterocycles. The number of carbonyl (C=O) groups is 2. The van der Waals surface area contributed by atoms with E-state index in [9.17, 15) is 9.59 Å². The Labute approximate surface area is 144 Å². The van der Waals surface area contributed by atoms with Crippen molar-refractivity contribution in [3.8, 4) is 10.6 Å². The molecule has 1 N–H and O–H groups in total. The first kappa shape index (κ1) is 16.6. The molecule has 1 aliphatic rings. The van der Waals surface area contributed by atoms with Gasteiger partial charge in [0.15, 0.2) is 0 Å². The van der Waals surface area contributed by atoms with E-state index in [1.54, 1.807) is 24.2 Å². The Morgan fingerprint density at radius 3 is 2.88 bits per heavy atom. The van der Waals surface area contributed by atoms with Crippen LogP contribution in [0.5, 0.6) is 0 Å². The molecule has 6 nitrogen and oxygen atoms in total. The number of carboxylic acid groups (broad SMARTS) is 1. The van der Waals surface area contributed by atoms with E-state index in [0.29, 0.717) is 0 Å². The summed E-state index contributed by atoms with van der Waals surface area (Å²) in [4.78, 5) is 33.9. The highest BCUT2D eigenvalue weighted by atomic mass is 32.1. The maximum Gasteiger partial charge on any atom is 0.308 e. The van der Waals surface area contributed by atoms with Gasteiger partial charge in [0.2, 0.25) is 5.91 Å². The van der Waals surface area contributed by atoms with E-state index in [1.165, 1.54) is 11.3 Å². The van der Waals surface area contributed by atoms with Crippen molar-refractivity contribution in [3.05, 3.63) is 35.6 Å². The SMILES string of the molecule is CC(CN(C(=O)Cc1csc(-c2cccnc2)n1)C1CC1)C(=O)O. The smallest absolute Gasteiger partial charge is 0.308 e. The first-order valence-corrected chi connectivity index (χ1v) is 8.79. The molecule has 1 fully saturated rings. The Morgan fingerprint density at radius 1 is 1.46 bits per heavy atom. The number of pyridine rings is 1. The van der Waals surface area contributed by atoms with Crippen molar-refractivity contribution in [3.63, 3.8) is 0 Å². The monoisotopic (exact) mass is 345 g/mol. The number of nitrogens with zero attached hydrogens (tertiary/aromatic N) is 3. The normalized spacial score (nSPS) is 15.0. The first-order chi connectivity index (χ1) is 11.5. The molecule has 3 rings (SSSR count). The summed E-state index contributed by atoms with van der Waals surface area (Å²) >= 11 is 1.48. The lowest BCUT2D eigenvalue weighted by Gasteiger charge is -2.24. The molecule has 1 aliphatic carbocycles. The largest absolute Gasteiger partial charge is 0.481 e. The minimum Gasteiger partial charge on any atom is -0.481 e. The maximum atomic E-state index is 12.6. The molecule has 0 aromatic carbocycles. The van der Waals surface area contributed by atoms with Crippen molar-refractivity contribution in [2.24, 2.45) is 5.92 Å². The summed E-state index contributed by atoms with van der Waals surface area (Å²) in [6.45, 7) is 1.90. The van der Waals surface area contributed by atoms with Gasteiger partial charge in [0.1, 0.15) is 5.01 Å². The van der Waals surface area contributed by atoms with Crippen LogP contribution in [0.15, 0.2) is 29.9 Å². The van der Waals surface area contributed by atoms with Crippen LogP contribution in [0.2, 0.25) is 0 Å². The fourth-order valence-electron chi connectivity index (χ4n) is 2.48. The number of thiazole rings is 1. The van der Waals surface area contributed by atoms with Gasteiger partial charge >= 0.3 is 5.97 Å². The van der Waals surface area contributed by atoms with Gasteiger partial charge < -0.3 is 10.0 Å². The summed E-state index contributed by atoms with van der Waals surface area (Å²) in [5, 5.41) is 11.8. The van der Waals surface area contributed by atoms with Crippen LogP contribution in [0.1, 0.15) is 25.5 Å². The van der Waals surface area contributed by atoms with Gasteiger partial charge in [-0.1, -0.05) is 6.92 Å². The first-order valence-electron chi connectivity index (χ1n) is 7.91. The zero-order chi connectivity index (χ0) is 17.1. The van der Waals surface area contributed by atoms with Gasteiger partial charge in [-0.25, -0.2) is 4.98 Å². The van der Waals surface area contributed by atoms with Crippen molar-refractivity contribution in [2.45, 2.75) is 32.2 Å². The summed E-state index contributed by atoms with van der Waals surface area (Å²) in [6, 6.07) is 3.97. The van der Waals surface area contributed by atoms with E-state index < -0.39 is 11.9 Å². The zero-order valence-corrected chi connectivity index (χ0v) is 14.2. The van der Waals surface area contributed by atoms with Gasteiger partial charge in [-0.05, 0) is 25.0 Å². The van der Waals surface area contributed by atoms with Crippen molar-refractivity contribution >= 4 is 23.2 Å². The van der Waals surface area contributed by atoms with Gasteiger partial charge in [0.05, 0.1) is 18.0 Å². The average Bonchev–Trinajstić information content (AvgIpc) is 3.31. The van der Waals surface area contributed by atoms with Crippen LogP contribution in [0.3, 0.4) is 0 Å². The molecule has 0 saturated heterocycles. The molecule has 1 saturated carbocycles. The van der Waals surface area contributed by atoms with Crippen LogP contribution in [0.25, 0.3) is 10.6 Å². The Balaban J connectivity index is 1.67. The average molecular weight is 345 g/mol. The van der Waals surface area contributed by atoms with Crippen molar-refractivity contribution in [1.29, 1.82) is 0 Å². The number of aromatic nitrogens is 2. The molecule has 1 unspecified atom stereocenters. The maximum absolute atomic E-state index is 12.6. The Bertz CT molecular complexity index is 728. The lowest BCUT2D eigenvalue weighted by molar-refractivity contribution is -0.143. The predicted molar refractivity (Wildman–Crippen MR) is 90.6 cm³/mol. The number of carbonyl (C=O) groups excluding carboxylic acids is 1. The van der Waals surface area contributed by atoms with E-state index in [-0.39, 0.29) is 24.9 Å². The summed E-state index contributed by atoms with van der Waals surface area (Å²) in [5.74, 6) is -1.48. The third-order valence-electron chi connectivity index (χ3n) is 3.99. The Morgan fingerprint density at radius 2 is 2.25 bits per heavy atom. The second-order valence-electron chi connectivity index (χ2n) is 6.08. The lowest BCUT2D eigenvalue weighted by atomic mass is 10.1. The second kappa shape index (κ2) is 7.09. The van der Waals surface area contributed by atoms with E-state index in [4.69, 9.17) is 5.11 Å². The van der Waals surface area contributed by atoms with Crippen molar-refractivity contribution in [2.75, 3.05) is 6.54 Å². The standard InChI is InChI=1S/C17H19N3O3S/c1-11(17(22)23)9-20(14-4-5-14)15(21)7-13-10-24-16(19-13)12-3-2-6-18-8-12/h2-3,6,8,10-11,14H,4-5,7,9H2,1H3,(H,22,23). The highest BCUT2D eigenvalue weighted by molar-refractivity contribution is 7.13. The molecule has 0 bridgehead atoms. The fraction of sp³-hybridized carbons (Fsp3) is 0.412. The molecule has 0 spiro atoms. The van der Waals surface area contributed by atoms with Crippen molar-refractivity contribution < 1.29 is 14.7 Å². The van der Waals surface area contributed by atoms with E-state index in [2.05, 4.69) is 9.97 Å². The molecule has 2 aromatic rings. The number of hydrogen-bond acceptors (Lipinski definition) is 5. The Hall–Kier alpha value is -2.28. The minimum atomic E-state index is -0.874. The summed E-state index contributed by atoms with van der Waals surface area (Å²) in [6.07, 6.45) is 5.57. The highest BCUT2D eigenvalue weighted by Crippen LogP contribution is 2.29. The third kappa shape index (κ3) is 3.97. The van der Waals surface area contributed by atoms with E-state index >= 15 is 0 Å². The highest BCUT2D eigenvalue weighted by Gasteiger charge is 2.34. The summed E-state index contributed by atoms with van der Waals surface area (Å²) in [5.41, 5.74) is 1.65. The lowest BCUT2D eigenvalue weighted by Crippen LogP contribution is -2.39. The van der Waals surface area contributed by atoms with Gasteiger partial charge in [-0.2, -0.15) is 0 Å². The molecule has 0 radical (unpaired) electrons. The summed E-state index contributed by atoms with van der Waals surface area (Å²) < 4.78 is 0. The molecule has 7 heteroatoms. The molecular formula is C17H19N3O3S. The van der Waals surface area contributed by atoms with Crippen molar-refractivity contribution in [1.82, 2.24) is 14.9 Å². The van der Waals surface area contributed by atoms with Gasteiger partial charge in [-0.3, -0.25) is 14.6 Å². The van der Waals surface area contributed by atoms with Crippen LogP contribution in [-0.2, 0) is 16.0 Å². The molecule has 2 heterocycles. The van der Waals surface area contributed by atoms with Crippen LogP contribution in [0.4, 0.5) is 0 Å². The molecular weight excluding hydrogens is 326 g/mol. The molecule has 1 amide bonds. The third-order valence-corrected chi connectivity index (χ3v) is 4.93. The van der Waals surface area contributed by atoms with Crippen LogP contribution in [0, 0.1) is 5.92 Å². The predicted octanol–water partition coefficient (Wildman–Crippen LogP) is 2.46. The second-order valence-corrected chi connectivity index (χ2v) is 6.94. The zero-order valence-electron chi connectivity index (χ0n) is 13.4. The van der Waals surface area contributed by atoms with Gasteiger partial charge in [0.25, 0.3) is 0 Å². The van der Waals surface area contributed by atoms with Crippen LogP contribution in [-0.4, -0.2) is 44.4 Å². The topological polar surface area (TPSA) is 83.4 Å². The number of rotatable bonds is 7. The molecule has 1 atom stereocenters. The van der Waals surface area contributed by atoms with Crippen LogP contribution < -0.4 is 0 Å². The molecule has 126 valence electrons. The van der Waals surface area contributed by atoms with E-state index in [1.807, 2.05) is 17.5 Å². The number of amides is 1. The number of carboxylic acids is 1. The van der Waals surface area contributed by atoms with Gasteiger partial charge in [-0.15, -0.1) is 11.3 Å².